The molecule has 3 aromatic rings. The number of fused-ring (bicyclic) bond motifs is 2. The van der Waals surface area contributed by atoms with E-state index in [1.54, 1.807) is 38.8 Å². The van der Waals surface area contributed by atoms with Gasteiger partial charge in [-0.3, -0.25) is 24.5 Å². The number of nitrogens with one attached hydrogen (secondary N) is 2. The lowest BCUT2D eigenvalue weighted by Crippen LogP contribution is -2.33. The monoisotopic (exact) mass is 844 g/mol. The van der Waals surface area contributed by atoms with E-state index < -0.39 is 24.0 Å². The number of allylic oxidation sites excluding steroid dienone is 1. The first-order valence-corrected chi connectivity index (χ1v) is 23.5. The summed E-state index contributed by atoms with van der Waals surface area (Å²) < 4.78 is 0. The summed E-state index contributed by atoms with van der Waals surface area (Å²) in [5, 5.41) is 23.6. The fourth-order valence-electron chi connectivity index (χ4n) is 7.24. The standard InChI is InChI=1S/2C19H30N2O2.C4H4N2.C4H5N.2C2H6/c2*1-20-18(19(22)23)12-6-4-2-3-5-10-16-14-13-15-9-7-8-11-17(15)21-16;1-2-5-4-6-3-1;1-2-4-5-3-1;2*1-2/h2*13-14,18,20H,2-12H2,1H3,(H,22,23);1-4H;1-3H,4H2;2*1-2H3. The maximum atomic E-state index is 10.9. The summed E-state index contributed by atoms with van der Waals surface area (Å²) in [6, 6.07) is 9.95. The highest BCUT2D eigenvalue weighted by atomic mass is 16.4. The van der Waals surface area contributed by atoms with Gasteiger partial charge in [0.25, 0.3) is 0 Å². The number of rotatable bonds is 20. The second-order valence-electron chi connectivity index (χ2n) is 15.0. The molecular formula is C50H81N7O4. The first-order valence-electron chi connectivity index (χ1n) is 23.5. The molecule has 4 heterocycles. The molecule has 2 unspecified atom stereocenters. The van der Waals surface area contributed by atoms with Crippen LogP contribution in [0.1, 0.15) is 164 Å². The highest BCUT2D eigenvalue weighted by molar-refractivity contribution is 5.74. The van der Waals surface area contributed by atoms with Gasteiger partial charge in [0.2, 0.25) is 0 Å². The number of carboxylic acids is 2. The van der Waals surface area contributed by atoms with Crippen molar-refractivity contribution in [1.82, 2.24) is 30.6 Å². The van der Waals surface area contributed by atoms with Crippen LogP contribution in [0.15, 0.2) is 66.2 Å². The van der Waals surface area contributed by atoms with Gasteiger partial charge in [-0.1, -0.05) is 97.3 Å². The van der Waals surface area contributed by atoms with Crippen LogP contribution in [-0.4, -0.2) is 81.0 Å². The van der Waals surface area contributed by atoms with E-state index in [9.17, 15) is 9.59 Å². The van der Waals surface area contributed by atoms with E-state index in [1.165, 1.54) is 117 Å². The molecule has 0 saturated carbocycles. The Balaban J connectivity index is 0.000000456. The number of aryl methyl sites for hydroxylation is 6. The van der Waals surface area contributed by atoms with Gasteiger partial charge in [0.05, 0.1) is 6.54 Å². The minimum atomic E-state index is -0.744. The van der Waals surface area contributed by atoms with Crippen LogP contribution in [0, 0.1) is 0 Å². The predicted octanol–water partition coefficient (Wildman–Crippen LogP) is 10.2. The number of aromatic nitrogens is 4. The average Bonchev–Trinajstić information content (AvgIpc) is 3.91. The molecule has 11 nitrogen and oxygen atoms in total. The highest BCUT2D eigenvalue weighted by Crippen LogP contribution is 2.22. The number of carbonyl (C=O) groups is 2. The van der Waals surface area contributed by atoms with Crippen molar-refractivity contribution in [3.63, 3.8) is 0 Å². The number of nitrogens with zero attached hydrogens (tertiary/aromatic N) is 5. The van der Waals surface area contributed by atoms with Crippen molar-refractivity contribution in [3.05, 3.63) is 95.1 Å². The molecule has 3 aromatic heterocycles. The molecule has 2 aliphatic carbocycles. The quantitative estimate of drug-likeness (QED) is 0.0806. The topological polar surface area (TPSA) is 163 Å². The Morgan fingerprint density at radius 1 is 0.607 bits per heavy atom. The summed E-state index contributed by atoms with van der Waals surface area (Å²) in [5.41, 5.74) is 8.06. The molecule has 0 bridgehead atoms. The van der Waals surface area contributed by atoms with Crippen LogP contribution in [0.5, 0.6) is 0 Å². The van der Waals surface area contributed by atoms with Crippen molar-refractivity contribution in [1.29, 1.82) is 0 Å². The van der Waals surface area contributed by atoms with Crippen LogP contribution in [0.4, 0.5) is 0 Å². The zero-order valence-corrected chi connectivity index (χ0v) is 38.7. The molecule has 0 radical (unpaired) electrons. The molecule has 4 N–H and O–H groups in total. The predicted molar refractivity (Wildman–Crippen MR) is 253 cm³/mol. The molecule has 11 heteroatoms. The number of aliphatic imine (C=N–C) groups is 1. The summed E-state index contributed by atoms with van der Waals surface area (Å²) >= 11 is 0. The number of carboxylic acid groups (broad SMARTS) is 2. The van der Waals surface area contributed by atoms with Crippen molar-refractivity contribution in [2.75, 3.05) is 20.6 Å². The minimum Gasteiger partial charge on any atom is -0.480 e. The van der Waals surface area contributed by atoms with E-state index in [2.05, 4.69) is 49.9 Å². The molecule has 2 atom stereocenters. The lowest BCUT2D eigenvalue weighted by atomic mass is 9.95. The Hall–Kier alpha value is -4.35. The largest absolute Gasteiger partial charge is 0.480 e. The summed E-state index contributed by atoms with van der Waals surface area (Å²) in [7, 11) is 3.43. The van der Waals surface area contributed by atoms with E-state index >= 15 is 0 Å². The van der Waals surface area contributed by atoms with Crippen molar-refractivity contribution >= 4 is 18.2 Å². The molecule has 0 aromatic carbocycles. The van der Waals surface area contributed by atoms with Crippen molar-refractivity contribution in [2.45, 2.75) is 181 Å². The smallest absolute Gasteiger partial charge is 0.320 e. The molecule has 340 valence electrons. The van der Waals surface area contributed by atoms with Gasteiger partial charge in [0.15, 0.2) is 0 Å². The van der Waals surface area contributed by atoms with Crippen LogP contribution in [0.25, 0.3) is 0 Å². The molecule has 0 spiro atoms. The Kier molecular flexibility index (Phi) is 33.5. The number of hydrogen-bond acceptors (Lipinski definition) is 9. The molecule has 0 fully saturated rings. The second kappa shape index (κ2) is 37.4. The normalized spacial score (nSPS) is 13.9. The number of likely N-dealkylation sites (N-methyl/N-ethyl adjacent to an activating group) is 2. The zero-order valence-electron chi connectivity index (χ0n) is 38.7. The van der Waals surface area contributed by atoms with Crippen LogP contribution in [0.3, 0.4) is 0 Å². The van der Waals surface area contributed by atoms with E-state index in [4.69, 9.17) is 20.2 Å². The Labute approximate surface area is 369 Å². The van der Waals surface area contributed by atoms with Gasteiger partial charge in [-0.05, 0) is 139 Å². The lowest BCUT2D eigenvalue weighted by molar-refractivity contribution is -0.140. The first kappa shape index (κ1) is 54.7. The van der Waals surface area contributed by atoms with Gasteiger partial charge in [0, 0.05) is 41.4 Å². The molecule has 3 aliphatic rings. The van der Waals surface area contributed by atoms with Crippen molar-refractivity contribution in [2.24, 2.45) is 4.99 Å². The fourth-order valence-corrected chi connectivity index (χ4v) is 7.24. The molecule has 0 saturated heterocycles. The maximum Gasteiger partial charge on any atom is 0.320 e. The van der Waals surface area contributed by atoms with Gasteiger partial charge in [-0.15, -0.1) is 0 Å². The van der Waals surface area contributed by atoms with Crippen LogP contribution < -0.4 is 10.6 Å². The third-order valence-corrected chi connectivity index (χ3v) is 10.6. The van der Waals surface area contributed by atoms with Crippen LogP contribution >= 0.6 is 0 Å². The van der Waals surface area contributed by atoms with E-state index in [0.29, 0.717) is 0 Å². The van der Waals surface area contributed by atoms with E-state index in [1.807, 2.05) is 39.8 Å². The number of unbranched alkanes of at least 4 members (excludes halogenated alkanes) is 8. The molecule has 1 aliphatic heterocycles. The summed E-state index contributed by atoms with van der Waals surface area (Å²) in [4.78, 5) is 42.6. The average molecular weight is 844 g/mol. The summed E-state index contributed by atoms with van der Waals surface area (Å²) in [6.45, 7) is 8.89. The Morgan fingerprint density at radius 3 is 1.36 bits per heavy atom. The van der Waals surface area contributed by atoms with Gasteiger partial charge in [0.1, 0.15) is 18.4 Å². The van der Waals surface area contributed by atoms with Crippen molar-refractivity contribution < 1.29 is 19.8 Å². The summed E-state index contributed by atoms with van der Waals surface area (Å²) in [6.07, 6.45) is 35.4. The lowest BCUT2D eigenvalue weighted by Gasteiger charge is -2.15. The fraction of sp³-hybridized carbons (Fsp3) is 0.620. The van der Waals surface area contributed by atoms with Gasteiger partial charge in [-0.25, -0.2) is 9.97 Å². The Bertz CT molecular complexity index is 1470. The number of pyridine rings is 2. The molecule has 6 rings (SSSR count). The van der Waals surface area contributed by atoms with E-state index in [-0.39, 0.29) is 0 Å². The van der Waals surface area contributed by atoms with Crippen LogP contribution in [0.2, 0.25) is 0 Å². The van der Waals surface area contributed by atoms with Gasteiger partial charge >= 0.3 is 11.9 Å². The number of hydrogen-bond donors (Lipinski definition) is 4. The third kappa shape index (κ3) is 25.9. The maximum absolute atomic E-state index is 10.9. The first-order chi connectivity index (χ1) is 29.9. The third-order valence-electron chi connectivity index (χ3n) is 10.6. The van der Waals surface area contributed by atoms with Crippen LogP contribution in [-0.2, 0) is 48.1 Å². The van der Waals surface area contributed by atoms with Gasteiger partial charge < -0.3 is 20.8 Å². The molecule has 0 amide bonds. The number of aliphatic carboxylic acids is 2. The minimum absolute atomic E-state index is 0.394. The SMILES string of the molecule is C1=CCN=C1.CC.CC.CNC(CCCCCCCc1ccc2c(n1)CCCC2)C(=O)O.CNC(CCCCCCCc1ccc2c(n1)CCCC2)C(=O)O.c1cncnc1. The van der Waals surface area contributed by atoms with Crippen molar-refractivity contribution in [3.8, 4) is 0 Å². The summed E-state index contributed by atoms with van der Waals surface area (Å²) in [5.74, 6) is -1.49. The zero-order chi connectivity index (χ0) is 44.8. The van der Waals surface area contributed by atoms with E-state index in [0.717, 1.165) is 70.8 Å². The molecular weight excluding hydrogens is 763 g/mol. The Morgan fingerprint density at radius 2 is 1.03 bits per heavy atom. The van der Waals surface area contributed by atoms with Gasteiger partial charge in [-0.2, -0.15) is 0 Å². The second-order valence-corrected chi connectivity index (χ2v) is 15.0. The highest BCUT2D eigenvalue weighted by Gasteiger charge is 2.15. The molecule has 61 heavy (non-hydrogen) atoms.